The normalized spacial score (nSPS) is 23.7. The van der Waals surface area contributed by atoms with E-state index in [1.165, 1.54) is 12.1 Å². The van der Waals surface area contributed by atoms with Crippen molar-refractivity contribution in [2.45, 2.75) is 50.6 Å². The first-order valence-corrected chi connectivity index (χ1v) is 8.24. The van der Waals surface area contributed by atoms with Crippen molar-refractivity contribution < 1.29 is 14.1 Å². The predicted octanol–water partition coefficient (Wildman–Crippen LogP) is 2.80. The van der Waals surface area contributed by atoms with E-state index >= 15 is 0 Å². The summed E-state index contributed by atoms with van der Waals surface area (Å²) in [5, 5.41) is 10.8. The molecule has 5 nitrogen and oxygen atoms in total. The molecule has 124 valence electrons. The zero-order chi connectivity index (χ0) is 16.4. The molecule has 1 aromatic carbocycles. The highest BCUT2D eigenvalue weighted by molar-refractivity contribution is 5.82. The molecule has 0 aliphatic heterocycles. The Hall–Kier alpha value is -1.98. The van der Waals surface area contributed by atoms with Crippen LogP contribution in [0.1, 0.15) is 37.7 Å². The summed E-state index contributed by atoms with van der Waals surface area (Å²) in [5.74, 6) is -0.788. The van der Waals surface area contributed by atoms with Gasteiger partial charge in [-0.1, -0.05) is 25.0 Å². The number of hydrogen-bond acceptors (Lipinski definition) is 3. The smallest absolute Gasteiger partial charge is 0.233 e. The fourth-order valence-electron chi connectivity index (χ4n) is 3.48. The predicted molar refractivity (Wildman–Crippen MR) is 83.0 cm³/mol. The molecule has 6 heteroatoms. The van der Waals surface area contributed by atoms with E-state index in [1.807, 2.05) is 4.90 Å². The van der Waals surface area contributed by atoms with Crippen LogP contribution in [0.25, 0.3) is 0 Å². The number of nitro groups is 1. The molecule has 0 bridgehead atoms. The average molecular weight is 320 g/mol. The second-order valence-electron chi connectivity index (χ2n) is 6.54. The highest BCUT2D eigenvalue weighted by atomic mass is 19.1. The lowest BCUT2D eigenvalue weighted by molar-refractivity contribution is -0.497. The third kappa shape index (κ3) is 3.68. The van der Waals surface area contributed by atoms with Gasteiger partial charge in [0.05, 0.1) is 0 Å². The standard InChI is InChI=1S/C17H21FN2O3/c18-13-7-5-12(6-8-13)9-10-19(14-3-1-2-4-14)17(21)15-11-16(15)20(22)23/h5-8,14-16H,1-4,9-11H2. The molecule has 3 rings (SSSR count). The maximum absolute atomic E-state index is 13.0. The topological polar surface area (TPSA) is 63.4 Å². The number of carbonyl (C=O) groups is 1. The van der Waals surface area contributed by atoms with E-state index in [1.54, 1.807) is 12.1 Å². The van der Waals surface area contributed by atoms with Gasteiger partial charge in [0.2, 0.25) is 11.9 Å². The number of carbonyl (C=O) groups excluding carboxylic acids is 1. The van der Waals surface area contributed by atoms with Gasteiger partial charge < -0.3 is 4.90 Å². The van der Waals surface area contributed by atoms with Crippen molar-refractivity contribution in [3.8, 4) is 0 Å². The van der Waals surface area contributed by atoms with Crippen LogP contribution >= 0.6 is 0 Å². The summed E-state index contributed by atoms with van der Waals surface area (Å²) in [6.45, 7) is 0.552. The Morgan fingerprint density at radius 2 is 1.91 bits per heavy atom. The first-order chi connectivity index (χ1) is 11.1. The number of amides is 1. The quantitative estimate of drug-likeness (QED) is 0.598. The molecular weight excluding hydrogens is 299 g/mol. The Kier molecular flexibility index (Phi) is 4.59. The van der Waals surface area contributed by atoms with E-state index in [-0.39, 0.29) is 22.7 Å². The second-order valence-corrected chi connectivity index (χ2v) is 6.54. The van der Waals surface area contributed by atoms with Crippen molar-refractivity contribution in [1.29, 1.82) is 0 Å². The van der Waals surface area contributed by atoms with Crippen LogP contribution in [0.2, 0.25) is 0 Å². The van der Waals surface area contributed by atoms with Gasteiger partial charge in [-0.3, -0.25) is 14.9 Å². The van der Waals surface area contributed by atoms with Crippen LogP contribution < -0.4 is 0 Å². The maximum Gasteiger partial charge on any atom is 0.233 e. The molecule has 1 aromatic rings. The van der Waals surface area contributed by atoms with Crippen LogP contribution in [0.4, 0.5) is 4.39 Å². The summed E-state index contributed by atoms with van der Waals surface area (Å²) < 4.78 is 13.0. The number of rotatable bonds is 6. The van der Waals surface area contributed by atoms with E-state index in [0.717, 1.165) is 31.2 Å². The lowest BCUT2D eigenvalue weighted by Gasteiger charge is -2.29. The van der Waals surface area contributed by atoms with E-state index in [2.05, 4.69) is 0 Å². The van der Waals surface area contributed by atoms with E-state index in [0.29, 0.717) is 19.4 Å². The SMILES string of the molecule is O=C(C1CC1[N+](=O)[O-])N(CCc1ccc(F)cc1)C1CCCC1. The molecule has 2 aliphatic rings. The zero-order valence-electron chi connectivity index (χ0n) is 13.0. The fraction of sp³-hybridized carbons (Fsp3) is 0.588. The third-order valence-corrected chi connectivity index (χ3v) is 4.95. The summed E-state index contributed by atoms with van der Waals surface area (Å²) in [7, 11) is 0. The van der Waals surface area contributed by atoms with Crippen LogP contribution in [0.3, 0.4) is 0 Å². The van der Waals surface area contributed by atoms with Gasteiger partial charge in [0.15, 0.2) is 0 Å². The highest BCUT2D eigenvalue weighted by Crippen LogP contribution is 2.37. The fourth-order valence-corrected chi connectivity index (χ4v) is 3.48. The Bertz CT molecular complexity index is 584. The molecule has 0 aromatic heterocycles. The van der Waals surface area contributed by atoms with Crippen LogP contribution in [0, 0.1) is 21.8 Å². The molecule has 0 radical (unpaired) electrons. The Labute approximate surface area is 134 Å². The van der Waals surface area contributed by atoms with Crippen LogP contribution in [0.5, 0.6) is 0 Å². The lowest BCUT2D eigenvalue weighted by Crippen LogP contribution is -2.42. The molecule has 1 amide bonds. The highest BCUT2D eigenvalue weighted by Gasteiger charge is 2.55. The summed E-state index contributed by atoms with van der Waals surface area (Å²) >= 11 is 0. The second kappa shape index (κ2) is 6.64. The van der Waals surface area contributed by atoms with E-state index < -0.39 is 12.0 Å². The van der Waals surface area contributed by atoms with Crippen LogP contribution in [0.15, 0.2) is 24.3 Å². The van der Waals surface area contributed by atoms with Crippen molar-refractivity contribution in [1.82, 2.24) is 4.90 Å². The monoisotopic (exact) mass is 320 g/mol. The minimum Gasteiger partial charge on any atom is -0.339 e. The molecule has 0 saturated heterocycles. The Balaban J connectivity index is 1.65. The largest absolute Gasteiger partial charge is 0.339 e. The summed E-state index contributed by atoms with van der Waals surface area (Å²) in [6, 6.07) is 5.79. The Morgan fingerprint density at radius 3 is 2.48 bits per heavy atom. The Morgan fingerprint density at radius 1 is 1.26 bits per heavy atom. The van der Waals surface area contributed by atoms with Gasteiger partial charge in [-0.25, -0.2) is 4.39 Å². The van der Waals surface area contributed by atoms with Crippen molar-refractivity contribution in [3.63, 3.8) is 0 Å². The molecular formula is C17H21FN2O3. The van der Waals surface area contributed by atoms with Gasteiger partial charge in [0.25, 0.3) is 0 Å². The first kappa shape index (κ1) is 15.9. The van der Waals surface area contributed by atoms with Gasteiger partial charge in [-0.2, -0.15) is 0 Å². The molecule has 2 aliphatic carbocycles. The molecule has 2 saturated carbocycles. The van der Waals surface area contributed by atoms with Crippen LogP contribution in [-0.2, 0) is 11.2 Å². The summed E-state index contributed by atoms with van der Waals surface area (Å²) in [4.78, 5) is 25.0. The van der Waals surface area contributed by atoms with Gasteiger partial charge in [0.1, 0.15) is 11.7 Å². The third-order valence-electron chi connectivity index (χ3n) is 4.95. The molecule has 2 atom stereocenters. The van der Waals surface area contributed by atoms with E-state index in [4.69, 9.17) is 0 Å². The molecule has 0 heterocycles. The van der Waals surface area contributed by atoms with Crippen LogP contribution in [-0.4, -0.2) is 34.4 Å². The molecule has 2 fully saturated rings. The van der Waals surface area contributed by atoms with E-state index in [9.17, 15) is 19.3 Å². The zero-order valence-corrected chi connectivity index (χ0v) is 13.0. The van der Waals surface area contributed by atoms with Gasteiger partial charge in [-0.05, 0) is 37.0 Å². The molecule has 2 unspecified atom stereocenters. The summed E-state index contributed by atoms with van der Waals surface area (Å²) in [5.41, 5.74) is 0.976. The van der Waals surface area contributed by atoms with Crippen molar-refractivity contribution in [3.05, 3.63) is 45.8 Å². The number of benzene rings is 1. The first-order valence-electron chi connectivity index (χ1n) is 8.24. The number of halogens is 1. The molecule has 0 spiro atoms. The van der Waals surface area contributed by atoms with Crippen molar-refractivity contribution in [2.75, 3.05) is 6.54 Å². The van der Waals surface area contributed by atoms with Crippen molar-refractivity contribution in [2.24, 2.45) is 5.92 Å². The average Bonchev–Trinajstić information content (AvgIpc) is 3.17. The number of hydrogen-bond donors (Lipinski definition) is 0. The lowest BCUT2D eigenvalue weighted by atomic mass is 10.1. The molecule has 23 heavy (non-hydrogen) atoms. The minimum atomic E-state index is -0.697. The molecule has 0 N–H and O–H groups in total. The number of nitrogens with zero attached hydrogens (tertiary/aromatic N) is 2. The maximum atomic E-state index is 13.0. The van der Waals surface area contributed by atoms with Gasteiger partial charge in [0, 0.05) is 23.9 Å². The van der Waals surface area contributed by atoms with Gasteiger partial charge in [-0.15, -0.1) is 0 Å². The van der Waals surface area contributed by atoms with Gasteiger partial charge >= 0.3 is 0 Å². The minimum absolute atomic E-state index is 0.0688. The van der Waals surface area contributed by atoms with Crippen molar-refractivity contribution >= 4 is 5.91 Å². The summed E-state index contributed by atoms with van der Waals surface area (Å²) in [6.07, 6.45) is 5.18.